The van der Waals surface area contributed by atoms with Gasteiger partial charge in [0.15, 0.2) is 0 Å². The number of aromatic nitrogens is 1. The van der Waals surface area contributed by atoms with E-state index >= 15 is 0 Å². The van der Waals surface area contributed by atoms with E-state index in [1.807, 2.05) is 68.6 Å². The van der Waals surface area contributed by atoms with Crippen LogP contribution in [-0.2, 0) is 40.3 Å². The molecule has 1 saturated heterocycles. The topological polar surface area (TPSA) is 115 Å². The lowest BCUT2D eigenvalue weighted by molar-refractivity contribution is -0.145. The van der Waals surface area contributed by atoms with Crippen molar-refractivity contribution >= 4 is 29.2 Å². The molecule has 3 aromatic rings. The predicted octanol–water partition coefficient (Wildman–Crippen LogP) is 3.24. The van der Waals surface area contributed by atoms with Crippen molar-refractivity contribution in [2.75, 3.05) is 37.3 Å². The number of hydrogen-bond donors (Lipinski definition) is 4. The number of rotatable bonds is 8. The molecule has 2 aliphatic rings. The Morgan fingerprint density at radius 2 is 1.85 bits per heavy atom. The minimum atomic E-state index is -0.572. The highest BCUT2D eigenvalue weighted by Gasteiger charge is 2.38. The molecule has 1 unspecified atom stereocenters. The molecule has 1 fully saturated rings. The van der Waals surface area contributed by atoms with Crippen molar-refractivity contribution in [3.05, 3.63) is 88.6 Å². The highest BCUT2D eigenvalue weighted by atomic mass is 16.2. The third kappa shape index (κ3) is 6.81. The summed E-state index contributed by atoms with van der Waals surface area (Å²) in [7, 11) is 1.89. The number of carbonyl (C=O) groups excluding carboxylic acids is 3. The van der Waals surface area contributed by atoms with E-state index in [1.165, 1.54) is 0 Å². The van der Waals surface area contributed by atoms with Gasteiger partial charge in [-0.15, -0.1) is 0 Å². The first-order chi connectivity index (χ1) is 19.8. The fourth-order valence-corrected chi connectivity index (χ4v) is 5.76. The van der Waals surface area contributed by atoms with E-state index in [4.69, 9.17) is 0 Å². The molecule has 41 heavy (non-hydrogen) atoms. The molecular weight excluding hydrogens is 516 g/mol. The maximum atomic E-state index is 13.9. The number of nitrogens with zero attached hydrogens (tertiary/aromatic N) is 2. The van der Waals surface area contributed by atoms with Crippen molar-refractivity contribution in [3.8, 4) is 0 Å². The highest BCUT2D eigenvalue weighted by Crippen LogP contribution is 2.30. The third-order valence-electron chi connectivity index (χ3n) is 7.95. The first-order valence-electron chi connectivity index (χ1n) is 14.2. The van der Waals surface area contributed by atoms with Gasteiger partial charge in [-0.25, -0.2) is 4.98 Å². The van der Waals surface area contributed by atoms with Gasteiger partial charge in [0.2, 0.25) is 17.7 Å². The van der Waals surface area contributed by atoms with Crippen LogP contribution in [0, 0.1) is 5.41 Å². The smallest absolute Gasteiger partial charge is 0.244 e. The summed E-state index contributed by atoms with van der Waals surface area (Å²) in [6.07, 6.45) is 4.18. The summed E-state index contributed by atoms with van der Waals surface area (Å²) in [6, 6.07) is 17.5. The van der Waals surface area contributed by atoms with Gasteiger partial charge in [-0.05, 0) is 79.4 Å². The fraction of sp³-hybridized carbons (Fsp3) is 0.375. The molecule has 2 aliphatic heterocycles. The molecule has 0 aliphatic carbocycles. The molecule has 5 rings (SSSR count). The number of piperidine rings is 1. The Kier molecular flexibility index (Phi) is 8.75. The number of hydrogen-bond acceptors (Lipinski definition) is 6. The molecule has 1 aromatic heterocycles. The van der Waals surface area contributed by atoms with Gasteiger partial charge in [-0.2, -0.15) is 0 Å². The van der Waals surface area contributed by atoms with E-state index in [0.29, 0.717) is 37.6 Å². The summed E-state index contributed by atoms with van der Waals surface area (Å²) in [5.74, 6) is 0.131. The van der Waals surface area contributed by atoms with Gasteiger partial charge in [0.05, 0.1) is 11.8 Å². The number of pyridine rings is 1. The number of fused-ring (bicyclic) bond motifs is 2. The van der Waals surface area contributed by atoms with Gasteiger partial charge in [0.1, 0.15) is 12.4 Å². The van der Waals surface area contributed by atoms with Crippen LogP contribution >= 0.6 is 0 Å². The monoisotopic (exact) mass is 554 g/mol. The summed E-state index contributed by atoms with van der Waals surface area (Å²) in [4.78, 5) is 46.0. The van der Waals surface area contributed by atoms with Crippen molar-refractivity contribution in [3.63, 3.8) is 0 Å². The van der Waals surface area contributed by atoms with Crippen molar-refractivity contribution in [1.82, 2.24) is 20.5 Å². The Balaban J connectivity index is 1.35. The van der Waals surface area contributed by atoms with Gasteiger partial charge >= 0.3 is 0 Å². The maximum Gasteiger partial charge on any atom is 0.244 e. The summed E-state index contributed by atoms with van der Waals surface area (Å²) in [5.41, 5.74) is 4.94. The number of benzene rings is 2. The van der Waals surface area contributed by atoms with E-state index in [2.05, 4.69) is 26.3 Å². The second-order valence-electron chi connectivity index (χ2n) is 11.2. The van der Waals surface area contributed by atoms with E-state index in [9.17, 15) is 14.4 Å². The lowest BCUT2D eigenvalue weighted by atomic mass is 9.81. The van der Waals surface area contributed by atoms with Crippen LogP contribution in [0.3, 0.4) is 0 Å². The van der Waals surface area contributed by atoms with E-state index in [1.54, 1.807) is 11.1 Å². The molecule has 0 bridgehead atoms. The van der Waals surface area contributed by atoms with Crippen molar-refractivity contribution in [1.29, 1.82) is 0 Å². The van der Waals surface area contributed by atoms with Crippen LogP contribution in [0.4, 0.5) is 11.5 Å². The third-order valence-corrected chi connectivity index (χ3v) is 7.95. The zero-order valence-electron chi connectivity index (χ0n) is 23.8. The number of anilines is 2. The Bertz CT molecular complexity index is 1430. The molecule has 9 nitrogen and oxygen atoms in total. The Morgan fingerprint density at radius 3 is 2.63 bits per heavy atom. The summed E-state index contributed by atoms with van der Waals surface area (Å²) >= 11 is 0. The van der Waals surface area contributed by atoms with Crippen LogP contribution in [-0.4, -0.2) is 54.3 Å². The second-order valence-corrected chi connectivity index (χ2v) is 11.2. The molecule has 0 spiro atoms. The van der Waals surface area contributed by atoms with Crippen LogP contribution < -0.4 is 21.3 Å². The molecule has 3 amide bonds. The first kappa shape index (κ1) is 28.4. The lowest BCUT2D eigenvalue weighted by Crippen LogP contribution is -2.51. The number of carbonyl (C=O) groups is 3. The van der Waals surface area contributed by atoms with E-state index in [0.717, 1.165) is 47.2 Å². The fourth-order valence-electron chi connectivity index (χ4n) is 5.76. The second kappa shape index (κ2) is 12.6. The molecule has 4 N–H and O–H groups in total. The van der Waals surface area contributed by atoms with Crippen molar-refractivity contribution in [2.24, 2.45) is 5.41 Å². The quantitative estimate of drug-likeness (QED) is 0.340. The predicted molar refractivity (Wildman–Crippen MR) is 159 cm³/mol. The number of amides is 3. The van der Waals surface area contributed by atoms with Crippen molar-refractivity contribution in [2.45, 2.75) is 45.7 Å². The standard InChI is InChI=1S/C32H38N6O3/c1-32(12-6-13-34-21-32)31(41)38(19-25-8-4-3-7-24(25)18-33-2)20-29(40)36-27-11-10-22-15-23-9-5-14-35-30(23)37-28(39)17-26(22)16-27/h3-5,7-11,14,16,33-34H,6,12-13,15,17-21H2,1-2H3,(H,36,40)(H,35,37,39). The molecule has 2 aromatic carbocycles. The molecule has 0 radical (unpaired) electrons. The summed E-state index contributed by atoms with van der Waals surface area (Å²) in [6.45, 7) is 4.42. The van der Waals surface area contributed by atoms with Gasteiger partial charge in [-0.3, -0.25) is 14.4 Å². The molecule has 1 atom stereocenters. The van der Waals surface area contributed by atoms with Crippen molar-refractivity contribution < 1.29 is 14.4 Å². The maximum absolute atomic E-state index is 13.9. The summed E-state index contributed by atoms with van der Waals surface area (Å²) < 4.78 is 0. The average molecular weight is 555 g/mol. The molecule has 214 valence electrons. The minimum absolute atomic E-state index is 0.0266. The zero-order chi connectivity index (χ0) is 28.8. The van der Waals surface area contributed by atoms with Crippen LogP contribution in [0.25, 0.3) is 0 Å². The molecule has 3 heterocycles. The van der Waals surface area contributed by atoms with Crippen LogP contribution in [0.2, 0.25) is 0 Å². The van der Waals surface area contributed by atoms with E-state index in [-0.39, 0.29) is 30.7 Å². The van der Waals surface area contributed by atoms with Crippen LogP contribution in [0.15, 0.2) is 60.8 Å². The molecule has 0 saturated carbocycles. The Hall–Kier alpha value is -4.08. The molecule has 9 heteroatoms. The zero-order valence-corrected chi connectivity index (χ0v) is 23.8. The van der Waals surface area contributed by atoms with Gasteiger partial charge in [0.25, 0.3) is 0 Å². The Morgan fingerprint density at radius 1 is 1.02 bits per heavy atom. The van der Waals surface area contributed by atoms with Gasteiger partial charge in [-0.1, -0.05) is 36.4 Å². The lowest BCUT2D eigenvalue weighted by Gasteiger charge is -2.37. The Labute approximate surface area is 241 Å². The van der Waals surface area contributed by atoms with Gasteiger partial charge in [0, 0.05) is 37.9 Å². The van der Waals surface area contributed by atoms with Crippen LogP contribution in [0.1, 0.15) is 47.6 Å². The largest absolute Gasteiger partial charge is 0.329 e. The first-order valence-corrected chi connectivity index (χ1v) is 14.2. The molecular formula is C32H38N6O3. The number of nitrogens with one attached hydrogen (secondary N) is 4. The summed E-state index contributed by atoms with van der Waals surface area (Å²) in [5, 5.41) is 12.4. The van der Waals surface area contributed by atoms with E-state index < -0.39 is 5.41 Å². The highest BCUT2D eigenvalue weighted by molar-refractivity contribution is 5.96. The van der Waals surface area contributed by atoms with Crippen LogP contribution in [0.5, 0.6) is 0 Å². The SMILES string of the molecule is CNCc1ccccc1CN(CC(=O)Nc1ccc2c(c1)CC(=O)Nc1ncccc1C2)C(=O)C1(C)CCCNC1. The minimum Gasteiger partial charge on any atom is -0.329 e. The average Bonchev–Trinajstić information content (AvgIpc) is 2.95. The normalized spacial score (nSPS) is 18.2. The van der Waals surface area contributed by atoms with Gasteiger partial charge < -0.3 is 26.2 Å².